The number of Topliss-reactive ketones (excluding diaryl/α,β-unsaturated/α-hetero) is 1. The highest BCUT2D eigenvalue weighted by Crippen LogP contribution is 2.38. The third-order valence-corrected chi connectivity index (χ3v) is 5.38. The number of hydrogen-bond acceptors (Lipinski definition) is 5. The van der Waals surface area contributed by atoms with Crippen molar-refractivity contribution >= 4 is 23.7 Å². The molecule has 150 valence electrons. The monoisotopic (exact) mass is 394 g/mol. The van der Waals surface area contributed by atoms with Crippen molar-refractivity contribution in [1.29, 1.82) is 0 Å². The molecule has 2 aliphatic rings. The Bertz CT molecular complexity index is 844. The molecule has 1 aromatic rings. The topological polar surface area (TPSA) is 92.8 Å². The lowest BCUT2D eigenvalue weighted by atomic mass is 9.73. The standard InChI is InChI=1S/C19H20F2N2O5/c1-11-4-2-3-7-19(11)17(26)23(18(27)22-19)9-16(25)28-10-15(24)13-8-12(20)5-6-14(13)21/h5-6,8,11H,2-4,7,9-10H2,1H3,(H,22,27)/t11-,19-/m0/s1. The number of esters is 1. The average molecular weight is 394 g/mol. The average Bonchev–Trinajstić information content (AvgIpc) is 2.89. The van der Waals surface area contributed by atoms with Gasteiger partial charge in [0.25, 0.3) is 5.91 Å². The maximum Gasteiger partial charge on any atom is 0.326 e. The zero-order valence-corrected chi connectivity index (χ0v) is 15.3. The maximum atomic E-state index is 13.6. The Morgan fingerprint density at radius 1 is 1.29 bits per heavy atom. The van der Waals surface area contributed by atoms with Gasteiger partial charge in [-0.15, -0.1) is 0 Å². The van der Waals surface area contributed by atoms with Gasteiger partial charge in [-0.05, 0) is 37.0 Å². The molecule has 1 saturated carbocycles. The number of rotatable bonds is 5. The first kappa shape index (κ1) is 19.9. The lowest BCUT2D eigenvalue weighted by Gasteiger charge is -2.36. The zero-order valence-electron chi connectivity index (χ0n) is 15.3. The number of ether oxygens (including phenoxy) is 1. The lowest BCUT2D eigenvalue weighted by Crippen LogP contribution is -2.54. The number of amides is 3. The molecule has 1 heterocycles. The van der Waals surface area contributed by atoms with Gasteiger partial charge in [0, 0.05) is 0 Å². The largest absolute Gasteiger partial charge is 0.456 e. The number of ketones is 1. The van der Waals surface area contributed by atoms with E-state index >= 15 is 0 Å². The minimum Gasteiger partial charge on any atom is -0.456 e. The number of imide groups is 1. The highest BCUT2D eigenvalue weighted by molar-refractivity contribution is 6.09. The first-order valence-electron chi connectivity index (χ1n) is 9.02. The minimum absolute atomic E-state index is 0.0590. The van der Waals surface area contributed by atoms with Gasteiger partial charge in [-0.3, -0.25) is 19.3 Å². The van der Waals surface area contributed by atoms with Crippen molar-refractivity contribution in [3.8, 4) is 0 Å². The van der Waals surface area contributed by atoms with E-state index in [0.717, 1.165) is 36.3 Å². The van der Waals surface area contributed by atoms with Gasteiger partial charge in [0.05, 0.1) is 5.56 Å². The molecule has 0 radical (unpaired) electrons. The Labute approximate surface area is 160 Å². The SMILES string of the molecule is C[C@H]1CCCC[C@]12NC(=O)N(CC(=O)OCC(=O)c1cc(F)ccc1F)C2=O. The van der Waals surface area contributed by atoms with Crippen LogP contribution in [0.1, 0.15) is 43.0 Å². The summed E-state index contributed by atoms with van der Waals surface area (Å²) in [7, 11) is 0. The highest BCUT2D eigenvalue weighted by atomic mass is 19.1. The Morgan fingerprint density at radius 2 is 2.04 bits per heavy atom. The van der Waals surface area contributed by atoms with Crippen LogP contribution in [-0.2, 0) is 14.3 Å². The van der Waals surface area contributed by atoms with Crippen LogP contribution in [0.2, 0.25) is 0 Å². The van der Waals surface area contributed by atoms with Crippen LogP contribution in [0.5, 0.6) is 0 Å². The predicted octanol–water partition coefficient (Wildman–Crippen LogP) is 2.19. The molecule has 0 aromatic heterocycles. The molecular formula is C19H20F2N2O5. The molecule has 0 unspecified atom stereocenters. The predicted molar refractivity (Wildman–Crippen MR) is 92.3 cm³/mol. The van der Waals surface area contributed by atoms with E-state index in [1.165, 1.54) is 0 Å². The van der Waals surface area contributed by atoms with E-state index in [1.807, 2.05) is 6.92 Å². The number of urea groups is 1. The number of benzene rings is 1. The summed E-state index contributed by atoms with van der Waals surface area (Å²) in [5.74, 6) is -4.21. The summed E-state index contributed by atoms with van der Waals surface area (Å²) in [6.07, 6.45) is 3.05. The molecule has 1 N–H and O–H groups in total. The second-order valence-corrected chi connectivity index (χ2v) is 7.15. The maximum absolute atomic E-state index is 13.6. The zero-order chi connectivity index (χ0) is 20.5. The summed E-state index contributed by atoms with van der Waals surface area (Å²) in [4.78, 5) is 49.7. The molecule has 7 nitrogen and oxygen atoms in total. The van der Waals surface area contributed by atoms with Gasteiger partial charge in [0.15, 0.2) is 6.61 Å². The van der Waals surface area contributed by atoms with Gasteiger partial charge in [0.1, 0.15) is 23.7 Å². The third-order valence-electron chi connectivity index (χ3n) is 5.38. The number of nitrogens with one attached hydrogen (secondary N) is 1. The van der Waals surface area contributed by atoms with Gasteiger partial charge in [-0.1, -0.05) is 19.8 Å². The molecule has 1 spiro atoms. The summed E-state index contributed by atoms with van der Waals surface area (Å²) in [6.45, 7) is 0.397. The summed E-state index contributed by atoms with van der Waals surface area (Å²) in [5.41, 5.74) is -1.55. The van der Waals surface area contributed by atoms with E-state index < -0.39 is 59.6 Å². The fourth-order valence-electron chi connectivity index (χ4n) is 3.75. The summed E-state index contributed by atoms with van der Waals surface area (Å²) < 4.78 is 31.5. The van der Waals surface area contributed by atoms with Crippen molar-refractivity contribution in [1.82, 2.24) is 10.2 Å². The first-order valence-corrected chi connectivity index (χ1v) is 9.02. The van der Waals surface area contributed by atoms with E-state index in [4.69, 9.17) is 4.74 Å². The van der Waals surface area contributed by atoms with Crippen LogP contribution in [-0.4, -0.2) is 47.3 Å². The number of hydrogen-bond donors (Lipinski definition) is 1. The van der Waals surface area contributed by atoms with Crippen LogP contribution in [0.4, 0.5) is 13.6 Å². The van der Waals surface area contributed by atoms with Gasteiger partial charge in [-0.2, -0.15) is 0 Å². The van der Waals surface area contributed by atoms with Crippen LogP contribution in [0.25, 0.3) is 0 Å². The minimum atomic E-state index is -1.00. The van der Waals surface area contributed by atoms with Crippen molar-refractivity contribution in [2.24, 2.45) is 5.92 Å². The molecule has 0 bridgehead atoms. The van der Waals surface area contributed by atoms with Crippen LogP contribution in [0.3, 0.4) is 0 Å². The second-order valence-electron chi connectivity index (χ2n) is 7.15. The van der Waals surface area contributed by atoms with Crippen LogP contribution in [0.15, 0.2) is 18.2 Å². The van der Waals surface area contributed by atoms with Crippen molar-refractivity contribution in [2.45, 2.75) is 38.1 Å². The second kappa shape index (κ2) is 7.65. The van der Waals surface area contributed by atoms with Crippen LogP contribution < -0.4 is 5.32 Å². The van der Waals surface area contributed by atoms with Crippen LogP contribution >= 0.6 is 0 Å². The number of nitrogens with zero attached hydrogens (tertiary/aromatic N) is 1. The normalized spacial score (nSPS) is 24.4. The fraction of sp³-hybridized carbons (Fsp3) is 0.474. The summed E-state index contributed by atoms with van der Waals surface area (Å²) in [5, 5.41) is 2.70. The van der Waals surface area contributed by atoms with E-state index in [2.05, 4.69) is 5.32 Å². The van der Waals surface area contributed by atoms with Gasteiger partial charge < -0.3 is 10.1 Å². The molecule has 3 amide bonds. The first-order chi connectivity index (χ1) is 13.2. The summed E-state index contributed by atoms with van der Waals surface area (Å²) in [6, 6.07) is 1.68. The van der Waals surface area contributed by atoms with Crippen molar-refractivity contribution < 1.29 is 32.7 Å². The molecular weight excluding hydrogens is 374 g/mol. The molecule has 2 atom stereocenters. The Kier molecular flexibility index (Phi) is 5.44. The fourth-order valence-corrected chi connectivity index (χ4v) is 3.75. The molecule has 2 fully saturated rings. The van der Waals surface area contributed by atoms with E-state index in [0.29, 0.717) is 12.5 Å². The Balaban J connectivity index is 1.60. The van der Waals surface area contributed by atoms with E-state index in [-0.39, 0.29) is 5.92 Å². The van der Waals surface area contributed by atoms with E-state index in [9.17, 15) is 28.0 Å². The molecule has 1 aliphatic heterocycles. The van der Waals surface area contributed by atoms with Gasteiger partial charge >= 0.3 is 12.0 Å². The smallest absolute Gasteiger partial charge is 0.326 e. The summed E-state index contributed by atoms with van der Waals surface area (Å²) >= 11 is 0. The quantitative estimate of drug-likeness (QED) is 0.470. The van der Waals surface area contributed by atoms with Gasteiger partial charge in [-0.25, -0.2) is 13.6 Å². The Morgan fingerprint density at radius 3 is 2.75 bits per heavy atom. The van der Waals surface area contributed by atoms with E-state index in [1.54, 1.807) is 0 Å². The molecule has 9 heteroatoms. The molecule has 28 heavy (non-hydrogen) atoms. The Hall–Kier alpha value is -2.84. The molecule has 1 aliphatic carbocycles. The third kappa shape index (κ3) is 3.61. The molecule has 1 saturated heterocycles. The lowest BCUT2D eigenvalue weighted by molar-refractivity contribution is -0.147. The van der Waals surface area contributed by atoms with Crippen molar-refractivity contribution in [2.75, 3.05) is 13.2 Å². The molecule has 1 aromatic carbocycles. The van der Waals surface area contributed by atoms with Crippen molar-refractivity contribution in [3.05, 3.63) is 35.4 Å². The van der Waals surface area contributed by atoms with Crippen LogP contribution in [0, 0.1) is 17.6 Å². The number of carbonyl (C=O) groups is 4. The number of halogens is 2. The van der Waals surface area contributed by atoms with Crippen molar-refractivity contribution in [3.63, 3.8) is 0 Å². The molecule has 3 rings (SSSR count). The highest BCUT2D eigenvalue weighted by Gasteiger charge is 2.55. The number of carbonyl (C=O) groups excluding carboxylic acids is 4. The van der Waals surface area contributed by atoms with Gasteiger partial charge in [0.2, 0.25) is 5.78 Å².